The van der Waals surface area contributed by atoms with Crippen LogP contribution in [0.5, 0.6) is 0 Å². The van der Waals surface area contributed by atoms with E-state index in [9.17, 15) is 23.6 Å². The molecule has 2 aromatic carbocycles. The van der Waals surface area contributed by atoms with E-state index in [4.69, 9.17) is 4.74 Å². The summed E-state index contributed by atoms with van der Waals surface area (Å²) in [5, 5.41) is 2.95. The first kappa shape index (κ1) is 24.2. The normalized spacial score (nSPS) is 15.6. The van der Waals surface area contributed by atoms with Crippen molar-refractivity contribution >= 4 is 57.5 Å². The van der Waals surface area contributed by atoms with Gasteiger partial charge in [0.15, 0.2) is 0 Å². The van der Waals surface area contributed by atoms with Gasteiger partial charge < -0.3 is 14.6 Å². The maximum Gasteiger partial charge on any atom is 0.329 e. The van der Waals surface area contributed by atoms with Crippen molar-refractivity contribution in [3.05, 3.63) is 71.0 Å². The fourth-order valence-corrected chi connectivity index (χ4v) is 4.63. The molecule has 1 unspecified atom stereocenters. The molecule has 0 spiro atoms. The zero-order chi connectivity index (χ0) is 25.1. The van der Waals surface area contributed by atoms with Crippen molar-refractivity contribution in [3.63, 3.8) is 0 Å². The van der Waals surface area contributed by atoms with Crippen LogP contribution >= 0.6 is 11.8 Å². The Labute approximate surface area is 204 Å². The lowest BCUT2D eigenvalue weighted by Gasteiger charge is -2.19. The van der Waals surface area contributed by atoms with Crippen LogP contribution in [-0.4, -0.2) is 45.1 Å². The lowest BCUT2D eigenvalue weighted by atomic mass is 10.1. The van der Waals surface area contributed by atoms with Gasteiger partial charge >= 0.3 is 5.97 Å². The van der Waals surface area contributed by atoms with Crippen LogP contribution in [0, 0.1) is 5.82 Å². The molecule has 1 fully saturated rings. The van der Waals surface area contributed by atoms with Crippen LogP contribution in [0.3, 0.4) is 0 Å². The minimum absolute atomic E-state index is 0.0207. The second-order valence-corrected chi connectivity index (χ2v) is 8.76. The summed E-state index contributed by atoms with van der Waals surface area (Å²) in [6.07, 6.45) is 3.30. The molecule has 0 bridgehead atoms. The molecule has 180 valence electrons. The first-order valence-electron chi connectivity index (χ1n) is 10.9. The molecule has 1 aromatic heterocycles. The number of hydrogen-bond donors (Lipinski definition) is 1. The van der Waals surface area contributed by atoms with Crippen molar-refractivity contribution < 1.29 is 28.3 Å². The molecule has 3 aromatic rings. The summed E-state index contributed by atoms with van der Waals surface area (Å²) in [5.74, 6) is -1.94. The van der Waals surface area contributed by atoms with Gasteiger partial charge in [-0.3, -0.25) is 19.3 Å². The number of esters is 1. The van der Waals surface area contributed by atoms with E-state index in [-0.39, 0.29) is 24.0 Å². The second-order valence-electron chi connectivity index (χ2n) is 7.76. The van der Waals surface area contributed by atoms with Gasteiger partial charge in [-0.25, -0.2) is 9.18 Å². The Morgan fingerprint density at radius 1 is 1.14 bits per heavy atom. The second kappa shape index (κ2) is 10.1. The molecule has 1 aliphatic heterocycles. The van der Waals surface area contributed by atoms with Gasteiger partial charge in [-0.15, -0.1) is 0 Å². The molecule has 0 saturated carbocycles. The highest BCUT2D eigenvalue weighted by molar-refractivity contribution is 8.18. The largest absolute Gasteiger partial charge is 0.464 e. The Bertz CT molecular complexity index is 1350. The monoisotopic (exact) mass is 495 g/mol. The summed E-state index contributed by atoms with van der Waals surface area (Å²) in [5.41, 5.74) is 1.87. The summed E-state index contributed by atoms with van der Waals surface area (Å²) in [4.78, 5) is 51.1. The number of imide groups is 1. The number of anilines is 1. The summed E-state index contributed by atoms with van der Waals surface area (Å²) in [6.45, 7) is 3.22. The molecule has 1 saturated heterocycles. The van der Waals surface area contributed by atoms with Crippen LogP contribution < -0.4 is 5.32 Å². The molecule has 0 radical (unpaired) electrons. The van der Waals surface area contributed by atoms with Gasteiger partial charge in [0.05, 0.1) is 11.5 Å². The van der Waals surface area contributed by atoms with Gasteiger partial charge in [0.2, 0.25) is 5.91 Å². The van der Waals surface area contributed by atoms with Gasteiger partial charge in [-0.05, 0) is 62.0 Å². The molecule has 1 atom stereocenters. The van der Waals surface area contributed by atoms with E-state index >= 15 is 0 Å². The molecular weight excluding hydrogens is 473 g/mol. The standard InChI is InChI=1S/C25H22FN3O5S/c1-3-34-24(32)15(2)29-23(31)21(35-25(29)33)12-16-13-28(20-7-5-4-6-19(16)20)14-22(30)27-18-10-8-17(26)9-11-18/h4-13,15H,3,14H2,1-2H3,(H,27,30). The molecule has 1 aliphatic rings. The molecule has 10 heteroatoms. The number of rotatable bonds is 7. The first-order valence-corrected chi connectivity index (χ1v) is 11.7. The molecule has 0 aliphatic carbocycles. The Hall–Kier alpha value is -3.92. The highest BCUT2D eigenvalue weighted by Crippen LogP contribution is 2.35. The van der Waals surface area contributed by atoms with Crippen molar-refractivity contribution in [3.8, 4) is 0 Å². The first-order chi connectivity index (χ1) is 16.8. The van der Waals surface area contributed by atoms with Gasteiger partial charge in [-0.1, -0.05) is 18.2 Å². The van der Waals surface area contributed by atoms with Crippen molar-refractivity contribution in [2.75, 3.05) is 11.9 Å². The number of benzene rings is 2. The summed E-state index contributed by atoms with van der Waals surface area (Å²) in [6, 6.07) is 11.8. The number of para-hydroxylation sites is 1. The SMILES string of the molecule is CCOC(=O)C(C)N1C(=O)SC(=Cc2cn(CC(=O)Nc3ccc(F)cc3)c3ccccc23)C1=O. The number of carbonyl (C=O) groups excluding carboxylic acids is 4. The van der Waals surface area contributed by atoms with Gasteiger partial charge in [0, 0.05) is 28.4 Å². The maximum atomic E-state index is 13.1. The van der Waals surface area contributed by atoms with Crippen LogP contribution in [0.4, 0.5) is 14.9 Å². The van der Waals surface area contributed by atoms with E-state index in [2.05, 4.69) is 5.32 Å². The average Bonchev–Trinajstić information content (AvgIpc) is 3.31. The molecule has 8 nitrogen and oxygen atoms in total. The Morgan fingerprint density at radius 3 is 2.57 bits per heavy atom. The topological polar surface area (TPSA) is 97.7 Å². The minimum atomic E-state index is -1.04. The van der Waals surface area contributed by atoms with Crippen molar-refractivity contribution in [1.29, 1.82) is 0 Å². The number of amides is 3. The van der Waals surface area contributed by atoms with Crippen molar-refractivity contribution in [2.24, 2.45) is 0 Å². The maximum absolute atomic E-state index is 13.1. The van der Waals surface area contributed by atoms with E-state index in [0.29, 0.717) is 11.3 Å². The third kappa shape index (κ3) is 5.12. The summed E-state index contributed by atoms with van der Waals surface area (Å²) >= 11 is 0.747. The van der Waals surface area contributed by atoms with Crippen LogP contribution in [0.1, 0.15) is 19.4 Å². The van der Waals surface area contributed by atoms with E-state index < -0.39 is 29.0 Å². The zero-order valence-corrected chi connectivity index (χ0v) is 19.8. The van der Waals surface area contributed by atoms with E-state index in [1.165, 1.54) is 31.2 Å². The fourth-order valence-electron chi connectivity index (χ4n) is 3.73. The molecular formula is C25H22FN3O5S. The highest BCUT2D eigenvalue weighted by Gasteiger charge is 2.41. The molecule has 3 amide bonds. The van der Waals surface area contributed by atoms with E-state index in [1.54, 1.807) is 23.8 Å². The number of halogens is 1. The van der Waals surface area contributed by atoms with Crippen LogP contribution in [0.15, 0.2) is 59.6 Å². The zero-order valence-electron chi connectivity index (χ0n) is 19.0. The summed E-state index contributed by atoms with van der Waals surface area (Å²) < 4.78 is 19.8. The lowest BCUT2D eigenvalue weighted by Crippen LogP contribution is -2.42. The number of fused-ring (bicyclic) bond motifs is 1. The third-order valence-corrected chi connectivity index (χ3v) is 6.27. The number of aromatic nitrogens is 1. The van der Waals surface area contributed by atoms with Gasteiger partial charge in [0.25, 0.3) is 11.1 Å². The van der Waals surface area contributed by atoms with E-state index in [1.807, 2.05) is 24.3 Å². The highest BCUT2D eigenvalue weighted by atomic mass is 32.2. The number of nitrogens with one attached hydrogen (secondary N) is 1. The predicted octanol–water partition coefficient (Wildman–Crippen LogP) is 4.41. The van der Waals surface area contributed by atoms with Crippen LogP contribution in [0.2, 0.25) is 0 Å². The Balaban J connectivity index is 1.59. The van der Waals surface area contributed by atoms with Crippen molar-refractivity contribution in [2.45, 2.75) is 26.4 Å². The van der Waals surface area contributed by atoms with Gasteiger partial charge in [-0.2, -0.15) is 0 Å². The fraction of sp³-hybridized carbons (Fsp3) is 0.200. The molecule has 2 heterocycles. The summed E-state index contributed by atoms with van der Waals surface area (Å²) in [7, 11) is 0. The average molecular weight is 496 g/mol. The number of carbonyl (C=O) groups is 4. The number of ether oxygens (including phenoxy) is 1. The number of nitrogens with zero attached hydrogens (tertiary/aromatic N) is 2. The van der Waals surface area contributed by atoms with Crippen LogP contribution in [-0.2, 0) is 25.7 Å². The van der Waals surface area contributed by atoms with Crippen LogP contribution in [0.25, 0.3) is 17.0 Å². The third-order valence-electron chi connectivity index (χ3n) is 5.39. The smallest absolute Gasteiger partial charge is 0.329 e. The van der Waals surface area contributed by atoms with Gasteiger partial charge in [0.1, 0.15) is 18.4 Å². The Kier molecular flexibility index (Phi) is 7.02. The van der Waals surface area contributed by atoms with Crippen molar-refractivity contribution in [1.82, 2.24) is 9.47 Å². The lowest BCUT2D eigenvalue weighted by molar-refractivity contribution is -0.150. The van der Waals surface area contributed by atoms with E-state index in [0.717, 1.165) is 27.6 Å². The molecule has 4 rings (SSSR count). The number of hydrogen-bond acceptors (Lipinski definition) is 6. The number of thioether (sulfide) groups is 1. The quantitative estimate of drug-likeness (QED) is 0.385. The molecule has 1 N–H and O–H groups in total. The minimum Gasteiger partial charge on any atom is -0.464 e. The predicted molar refractivity (Wildman–Crippen MR) is 131 cm³/mol. The molecule has 35 heavy (non-hydrogen) atoms. The Morgan fingerprint density at radius 2 is 1.86 bits per heavy atom.